The minimum Gasteiger partial charge on any atom is -0.460 e. The number of hydrogen-bond acceptors (Lipinski definition) is 4. The average Bonchev–Trinajstić information content (AvgIpc) is 3.04. The van der Waals surface area contributed by atoms with Crippen LogP contribution >= 0.6 is 15.9 Å². The number of furan rings is 2. The molecule has 3 aromatic rings. The standard InChI is InChI=1S/C15H11BrN2O3/c1-9-2-4-12(20-9)8-17-18-15(19)14-7-10-6-11(16)3-5-13(10)21-14/h2-8H,1H3,(H,18,19)/b17-8+. The molecule has 2 heterocycles. The maximum absolute atomic E-state index is 11.9. The number of nitrogens with zero attached hydrogens (tertiary/aromatic N) is 1. The molecule has 0 aliphatic carbocycles. The highest BCUT2D eigenvalue weighted by Gasteiger charge is 2.11. The van der Waals surface area contributed by atoms with E-state index in [1.165, 1.54) is 6.21 Å². The number of fused-ring (bicyclic) bond motifs is 1. The van der Waals surface area contributed by atoms with Gasteiger partial charge in [0.05, 0.1) is 6.21 Å². The summed E-state index contributed by atoms with van der Waals surface area (Å²) in [6.07, 6.45) is 1.43. The Balaban J connectivity index is 1.73. The number of carbonyl (C=O) groups is 1. The zero-order valence-corrected chi connectivity index (χ0v) is 12.7. The smallest absolute Gasteiger partial charge is 0.307 e. The minimum absolute atomic E-state index is 0.205. The lowest BCUT2D eigenvalue weighted by atomic mass is 10.2. The van der Waals surface area contributed by atoms with Crippen molar-refractivity contribution in [1.82, 2.24) is 5.43 Å². The van der Waals surface area contributed by atoms with Gasteiger partial charge in [0.1, 0.15) is 17.1 Å². The first-order valence-corrected chi connectivity index (χ1v) is 7.00. The molecule has 0 saturated heterocycles. The van der Waals surface area contributed by atoms with Crippen LogP contribution in [0.4, 0.5) is 0 Å². The van der Waals surface area contributed by atoms with Gasteiger partial charge in [-0.05, 0) is 43.3 Å². The molecule has 21 heavy (non-hydrogen) atoms. The molecule has 0 spiro atoms. The fourth-order valence-corrected chi connectivity index (χ4v) is 2.24. The van der Waals surface area contributed by atoms with Gasteiger partial charge in [-0.3, -0.25) is 4.79 Å². The molecular formula is C15H11BrN2O3. The van der Waals surface area contributed by atoms with Crippen molar-refractivity contribution in [2.45, 2.75) is 6.92 Å². The Bertz CT molecular complexity index is 832. The van der Waals surface area contributed by atoms with Gasteiger partial charge in [-0.1, -0.05) is 15.9 Å². The average molecular weight is 347 g/mol. The van der Waals surface area contributed by atoms with Crippen LogP contribution in [-0.4, -0.2) is 12.1 Å². The zero-order chi connectivity index (χ0) is 14.8. The van der Waals surface area contributed by atoms with E-state index in [9.17, 15) is 4.79 Å². The first-order chi connectivity index (χ1) is 10.1. The quantitative estimate of drug-likeness (QED) is 0.578. The van der Waals surface area contributed by atoms with Gasteiger partial charge in [0.2, 0.25) is 0 Å². The Morgan fingerprint density at radius 3 is 2.86 bits per heavy atom. The highest BCUT2D eigenvalue weighted by Crippen LogP contribution is 2.23. The second-order valence-electron chi connectivity index (χ2n) is 4.44. The van der Waals surface area contributed by atoms with Crippen LogP contribution in [0.3, 0.4) is 0 Å². The predicted molar refractivity (Wildman–Crippen MR) is 82.4 cm³/mol. The van der Waals surface area contributed by atoms with Gasteiger partial charge in [-0.25, -0.2) is 5.43 Å². The fraction of sp³-hybridized carbons (Fsp3) is 0.0667. The monoisotopic (exact) mass is 346 g/mol. The van der Waals surface area contributed by atoms with Crippen molar-refractivity contribution in [3.63, 3.8) is 0 Å². The van der Waals surface area contributed by atoms with E-state index in [1.54, 1.807) is 18.2 Å². The molecule has 0 aliphatic rings. The molecule has 6 heteroatoms. The van der Waals surface area contributed by atoms with Gasteiger partial charge in [-0.15, -0.1) is 0 Å². The van der Waals surface area contributed by atoms with Crippen molar-refractivity contribution in [1.29, 1.82) is 0 Å². The summed E-state index contributed by atoms with van der Waals surface area (Å²) in [4.78, 5) is 11.9. The van der Waals surface area contributed by atoms with Crippen LogP contribution in [0.15, 0.2) is 54.8 Å². The minimum atomic E-state index is -0.415. The fourth-order valence-electron chi connectivity index (χ4n) is 1.86. The number of rotatable bonds is 3. The van der Waals surface area contributed by atoms with Crippen molar-refractivity contribution in [3.8, 4) is 0 Å². The predicted octanol–water partition coefficient (Wildman–Crippen LogP) is 3.86. The van der Waals surface area contributed by atoms with Crippen LogP contribution in [0.5, 0.6) is 0 Å². The largest absolute Gasteiger partial charge is 0.460 e. The molecular weight excluding hydrogens is 336 g/mol. The first-order valence-electron chi connectivity index (χ1n) is 6.21. The number of carbonyl (C=O) groups excluding carboxylic acids is 1. The molecule has 1 amide bonds. The number of hydrazone groups is 1. The summed E-state index contributed by atoms with van der Waals surface area (Å²) in [5, 5.41) is 4.68. The molecule has 3 rings (SSSR count). The SMILES string of the molecule is Cc1ccc(/C=N/NC(=O)c2cc3cc(Br)ccc3o2)o1. The second-order valence-corrected chi connectivity index (χ2v) is 5.36. The molecule has 5 nitrogen and oxygen atoms in total. The Kier molecular flexibility index (Phi) is 3.62. The van der Waals surface area contributed by atoms with E-state index >= 15 is 0 Å². The van der Waals surface area contributed by atoms with Gasteiger partial charge in [0.15, 0.2) is 5.76 Å². The molecule has 0 saturated carbocycles. The molecule has 2 aromatic heterocycles. The third kappa shape index (κ3) is 3.05. The zero-order valence-electron chi connectivity index (χ0n) is 11.1. The maximum Gasteiger partial charge on any atom is 0.307 e. The van der Waals surface area contributed by atoms with Crippen molar-refractivity contribution in [3.05, 3.63) is 58.2 Å². The number of benzene rings is 1. The van der Waals surface area contributed by atoms with E-state index in [2.05, 4.69) is 26.5 Å². The first kappa shape index (κ1) is 13.6. The van der Waals surface area contributed by atoms with Crippen LogP contribution in [0.1, 0.15) is 22.1 Å². The lowest BCUT2D eigenvalue weighted by Crippen LogP contribution is -2.16. The summed E-state index contributed by atoms with van der Waals surface area (Å²) in [6.45, 7) is 1.84. The highest BCUT2D eigenvalue weighted by molar-refractivity contribution is 9.10. The summed E-state index contributed by atoms with van der Waals surface area (Å²) in [5.74, 6) is 1.14. The molecule has 0 radical (unpaired) electrons. The second kappa shape index (κ2) is 5.57. The number of halogens is 1. The van der Waals surface area contributed by atoms with Crippen LogP contribution in [0.25, 0.3) is 11.0 Å². The molecule has 1 N–H and O–H groups in total. The lowest BCUT2D eigenvalue weighted by molar-refractivity contribution is 0.0929. The van der Waals surface area contributed by atoms with Gasteiger partial charge in [0, 0.05) is 9.86 Å². The van der Waals surface area contributed by atoms with E-state index in [0.717, 1.165) is 15.6 Å². The third-order valence-electron chi connectivity index (χ3n) is 2.82. The summed E-state index contributed by atoms with van der Waals surface area (Å²) < 4.78 is 11.7. The van der Waals surface area contributed by atoms with Gasteiger partial charge in [0.25, 0.3) is 0 Å². The maximum atomic E-state index is 11.9. The Hall–Kier alpha value is -2.34. The van der Waals surface area contributed by atoms with Gasteiger partial charge in [-0.2, -0.15) is 5.10 Å². The Morgan fingerprint density at radius 1 is 1.24 bits per heavy atom. The van der Waals surface area contributed by atoms with Crippen molar-refractivity contribution in [2.75, 3.05) is 0 Å². The number of hydrogen-bond donors (Lipinski definition) is 1. The van der Waals surface area contributed by atoms with Crippen molar-refractivity contribution in [2.24, 2.45) is 5.10 Å². The van der Waals surface area contributed by atoms with E-state index < -0.39 is 5.91 Å². The van der Waals surface area contributed by atoms with Crippen LogP contribution in [0, 0.1) is 6.92 Å². The topological polar surface area (TPSA) is 67.7 Å². The molecule has 0 aliphatic heterocycles. The van der Waals surface area contributed by atoms with E-state index in [-0.39, 0.29) is 5.76 Å². The number of aryl methyl sites for hydroxylation is 1. The lowest BCUT2D eigenvalue weighted by Gasteiger charge is -1.93. The molecule has 0 unspecified atom stereocenters. The van der Waals surface area contributed by atoms with Crippen LogP contribution < -0.4 is 5.43 Å². The van der Waals surface area contributed by atoms with Gasteiger partial charge < -0.3 is 8.83 Å². The Labute approximate surface area is 128 Å². The van der Waals surface area contributed by atoms with Crippen molar-refractivity contribution < 1.29 is 13.6 Å². The third-order valence-corrected chi connectivity index (χ3v) is 3.31. The Morgan fingerprint density at radius 2 is 2.10 bits per heavy atom. The number of nitrogens with one attached hydrogen (secondary N) is 1. The molecule has 1 aromatic carbocycles. The van der Waals surface area contributed by atoms with E-state index in [0.29, 0.717) is 11.3 Å². The van der Waals surface area contributed by atoms with Crippen LogP contribution in [0.2, 0.25) is 0 Å². The normalized spacial score (nSPS) is 11.3. The summed E-state index contributed by atoms with van der Waals surface area (Å²) in [7, 11) is 0. The van der Waals surface area contributed by atoms with Crippen molar-refractivity contribution >= 4 is 39.0 Å². The highest BCUT2D eigenvalue weighted by atomic mass is 79.9. The summed E-state index contributed by atoms with van der Waals surface area (Å²) in [5.41, 5.74) is 3.04. The van der Waals surface area contributed by atoms with E-state index in [1.807, 2.05) is 25.1 Å². The summed E-state index contributed by atoms with van der Waals surface area (Å²) >= 11 is 3.37. The summed E-state index contributed by atoms with van der Waals surface area (Å²) in [6, 6.07) is 10.8. The molecule has 106 valence electrons. The van der Waals surface area contributed by atoms with Crippen LogP contribution in [-0.2, 0) is 0 Å². The molecule has 0 atom stereocenters. The van der Waals surface area contributed by atoms with E-state index in [4.69, 9.17) is 8.83 Å². The molecule has 0 fully saturated rings. The van der Waals surface area contributed by atoms with Gasteiger partial charge >= 0.3 is 5.91 Å². The molecule has 0 bridgehead atoms. The number of amides is 1.